The summed E-state index contributed by atoms with van der Waals surface area (Å²) < 4.78 is 2.29. The van der Waals surface area contributed by atoms with Gasteiger partial charge in [-0.25, -0.2) is 4.98 Å². The molecule has 2 N–H and O–H groups in total. The van der Waals surface area contributed by atoms with Gasteiger partial charge in [0.15, 0.2) is 0 Å². The van der Waals surface area contributed by atoms with Crippen LogP contribution in [0.2, 0.25) is 0 Å². The van der Waals surface area contributed by atoms with E-state index in [4.69, 9.17) is 5.73 Å². The number of aromatic nitrogens is 2. The van der Waals surface area contributed by atoms with Gasteiger partial charge in [0, 0.05) is 24.8 Å². The van der Waals surface area contributed by atoms with Crippen LogP contribution >= 0.6 is 0 Å². The fraction of sp³-hybridized carbons (Fsp3) is 0.812. The molecule has 0 amide bonds. The number of imidazole rings is 1. The van der Waals surface area contributed by atoms with E-state index in [2.05, 4.69) is 28.3 Å². The van der Waals surface area contributed by atoms with Crippen molar-refractivity contribution in [1.82, 2.24) is 14.5 Å². The highest BCUT2D eigenvalue weighted by Gasteiger charge is 2.38. The monoisotopic (exact) mass is 276 g/mol. The second kappa shape index (κ2) is 5.86. The zero-order valence-electron chi connectivity index (χ0n) is 12.8. The van der Waals surface area contributed by atoms with Crippen LogP contribution in [0.3, 0.4) is 0 Å². The summed E-state index contributed by atoms with van der Waals surface area (Å²) in [6.07, 6.45) is 10.9. The van der Waals surface area contributed by atoms with E-state index >= 15 is 0 Å². The average Bonchev–Trinajstić information content (AvgIpc) is 3.08. The summed E-state index contributed by atoms with van der Waals surface area (Å²) in [5, 5.41) is 0. The maximum absolute atomic E-state index is 6.16. The van der Waals surface area contributed by atoms with Crippen LogP contribution in [0, 0.1) is 5.92 Å². The minimum absolute atomic E-state index is 0.339. The topological polar surface area (TPSA) is 47.1 Å². The van der Waals surface area contributed by atoms with Gasteiger partial charge in [-0.2, -0.15) is 0 Å². The van der Waals surface area contributed by atoms with Crippen molar-refractivity contribution in [1.29, 1.82) is 0 Å². The fourth-order valence-corrected chi connectivity index (χ4v) is 4.31. The van der Waals surface area contributed by atoms with Crippen molar-refractivity contribution in [2.75, 3.05) is 13.1 Å². The smallest absolute Gasteiger partial charge is 0.0951 e. The Morgan fingerprint density at radius 1 is 1.30 bits per heavy atom. The number of fused-ring (bicyclic) bond motifs is 1. The molecule has 4 nitrogen and oxygen atoms in total. The number of hydrogen-bond acceptors (Lipinski definition) is 3. The van der Waals surface area contributed by atoms with Crippen LogP contribution in [-0.2, 0) is 0 Å². The van der Waals surface area contributed by atoms with Crippen LogP contribution in [-0.4, -0.2) is 33.6 Å². The number of piperidine rings is 1. The largest absolute Gasteiger partial charge is 0.331 e. The maximum atomic E-state index is 6.16. The quantitative estimate of drug-likeness (QED) is 0.920. The highest BCUT2D eigenvalue weighted by atomic mass is 15.2. The van der Waals surface area contributed by atoms with E-state index in [1.807, 2.05) is 12.5 Å². The van der Waals surface area contributed by atoms with E-state index in [-0.39, 0.29) is 0 Å². The lowest BCUT2D eigenvalue weighted by atomic mass is 9.90. The second-order valence-corrected chi connectivity index (χ2v) is 6.71. The Labute approximate surface area is 122 Å². The van der Waals surface area contributed by atoms with Gasteiger partial charge < -0.3 is 10.3 Å². The Balaban J connectivity index is 1.87. The predicted octanol–water partition coefficient (Wildman–Crippen LogP) is 2.73. The third-order valence-corrected chi connectivity index (χ3v) is 5.25. The van der Waals surface area contributed by atoms with Crippen molar-refractivity contribution in [3.63, 3.8) is 0 Å². The van der Waals surface area contributed by atoms with Gasteiger partial charge in [0.05, 0.1) is 18.1 Å². The summed E-state index contributed by atoms with van der Waals surface area (Å²) >= 11 is 0. The molecule has 0 aromatic carbocycles. The third-order valence-electron chi connectivity index (χ3n) is 5.25. The van der Waals surface area contributed by atoms with E-state index in [1.165, 1.54) is 44.3 Å². The first kappa shape index (κ1) is 14.1. The van der Waals surface area contributed by atoms with Gasteiger partial charge in [-0.15, -0.1) is 0 Å². The molecule has 1 saturated carbocycles. The lowest BCUT2D eigenvalue weighted by Gasteiger charge is -2.42. The van der Waals surface area contributed by atoms with Crippen LogP contribution in [0.5, 0.6) is 0 Å². The highest BCUT2D eigenvalue weighted by Crippen LogP contribution is 2.40. The van der Waals surface area contributed by atoms with Crippen LogP contribution in [0.15, 0.2) is 12.5 Å². The molecule has 4 heteroatoms. The summed E-state index contributed by atoms with van der Waals surface area (Å²) in [4.78, 5) is 7.06. The molecule has 0 spiro atoms. The summed E-state index contributed by atoms with van der Waals surface area (Å²) in [6.45, 7) is 6.33. The lowest BCUT2D eigenvalue weighted by Crippen LogP contribution is -2.47. The first-order chi connectivity index (χ1) is 9.72. The number of nitrogens with zero attached hydrogens (tertiary/aromatic N) is 3. The highest BCUT2D eigenvalue weighted by molar-refractivity contribution is 5.10. The van der Waals surface area contributed by atoms with Crippen molar-refractivity contribution >= 4 is 0 Å². The number of nitrogens with two attached hydrogens (primary N) is 1. The van der Waals surface area contributed by atoms with Crippen LogP contribution < -0.4 is 5.73 Å². The van der Waals surface area contributed by atoms with Gasteiger partial charge in [0.2, 0.25) is 0 Å². The zero-order chi connectivity index (χ0) is 14.1. The molecule has 0 bridgehead atoms. The van der Waals surface area contributed by atoms with Gasteiger partial charge in [-0.05, 0) is 52.0 Å². The molecule has 2 aliphatic rings. The molecular formula is C16H28N4. The maximum Gasteiger partial charge on any atom is 0.0951 e. The molecule has 1 saturated heterocycles. The van der Waals surface area contributed by atoms with Gasteiger partial charge in [0.25, 0.3) is 0 Å². The van der Waals surface area contributed by atoms with Crippen molar-refractivity contribution < 1.29 is 0 Å². The Hall–Kier alpha value is -0.870. The molecule has 0 radical (unpaired) electrons. The van der Waals surface area contributed by atoms with E-state index in [9.17, 15) is 0 Å². The molecule has 1 aromatic rings. The van der Waals surface area contributed by atoms with Crippen molar-refractivity contribution in [3.05, 3.63) is 18.2 Å². The molecule has 1 aliphatic heterocycles. The van der Waals surface area contributed by atoms with E-state index in [0.29, 0.717) is 18.6 Å². The van der Waals surface area contributed by atoms with Gasteiger partial charge >= 0.3 is 0 Å². The van der Waals surface area contributed by atoms with Crippen molar-refractivity contribution in [3.8, 4) is 0 Å². The fourth-order valence-electron chi connectivity index (χ4n) is 4.31. The first-order valence-corrected chi connectivity index (χ1v) is 8.20. The predicted molar refractivity (Wildman–Crippen MR) is 81.5 cm³/mol. The van der Waals surface area contributed by atoms with Gasteiger partial charge in [-0.3, -0.25) is 4.90 Å². The molecule has 20 heavy (non-hydrogen) atoms. The van der Waals surface area contributed by atoms with Crippen LogP contribution in [0.4, 0.5) is 0 Å². The molecule has 2 heterocycles. The van der Waals surface area contributed by atoms with Crippen LogP contribution in [0.25, 0.3) is 0 Å². The van der Waals surface area contributed by atoms with Gasteiger partial charge in [-0.1, -0.05) is 6.42 Å². The summed E-state index contributed by atoms with van der Waals surface area (Å²) in [5.41, 5.74) is 7.46. The van der Waals surface area contributed by atoms with E-state index in [1.54, 1.807) is 0 Å². The summed E-state index contributed by atoms with van der Waals surface area (Å²) in [7, 11) is 0. The molecule has 112 valence electrons. The normalized spacial score (nSPS) is 28.8. The third kappa shape index (κ3) is 2.40. The first-order valence-electron chi connectivity index (χ1n) is 8.20. The van der Waals surface area contributed by atoms with Crippen LogP contribution in [0.1, 0.15) is 63.7 Å². The number of likely N-dealkylation sites (tertiary alicyclic amines) is 1. The number of rotatable bonds is 4. The Kier molecular flexibility index (Phi) is 4.13. The molecule has 2 fully saturated rings. The van der Waals surface area contributed by atoms with E-state index < -0.39 is 0 Å². The van der Waals surface area contributed by atoms with Gasteiger partial charge in [0.1, 0.15) is 0 Å². The van der Waals surface area contributed by atoms with Crippen molar-refractivity contribution in [2.24, 2.45) is 11.7 Å². The minimum Gasteiger partial charge on any atom is -0.331 e. The lowest BCUT2D eigenvalue weighted by molar-refractivity contribution is 0.0663. The second-order valence-electron chi connectivity index (χ2n) is 6.71. The Morgan fingerprint density at radius 2 is 2.10 bits per heavy atom. The number of hydrogen-bond donors (Lipinski definition) is 1. The molecule has 1 aromatic heterocycles. The zero-order valence-corrected chi connectivity index (χ0v) is 12.8. The molecule has 3 unspecified atom stereocenters. The molecular weight excluding hydrogens is 248 g/mol. The van der Waals surface area contributed by atoms with Crippen molar-refractivity contribution in [2.45, 2.75) is 64.1 Å². The molecule has 1 aliphatic carbocycles. The van der Waals surface area contributed by atoms with E-state index in [0.717, 1.165) is 12.0 Å². The SMILES string of the molecule is CC(C)n1cncc1C(CN)N1CCCC2CCCC21. The molecule has 3 atom stereocenters. The molecule has 3 rings (SSSR count). The minimum atomic E-state index is 0.339. The average molecular weight is 276 g/mol. The standard InChI is InChI=1S/C16H28N4/c1-12(2)20-11-18-10-16(20)15(9-17)19-8-4-6-13-5-3-7-14(13)19/h10-15H,3-9,17H2,1-2H3. The Morgan fingerprint density at radius 3 is 2.85 bits per heavy atom. The summed E-state index contributed by atoms with van der Waals surface area (Å²) in [5.74, 6) is 0.910. The summed E-state index contributed by atoms with van der Waals surface area (Å²) in [6, 6.07) is 1.55. The Bertz CT molecular complexity index is 439.